The summed E-state index contributed by atoms with van der Waals surface area (Å²) in [5.74, 6) is 0. The van der Waals surface area contributed by atoms with Crippen LogP contribution in [-0.4, -0.2) is 31.7 Å². The molecular formula is C12H14O3. The molecule has 0 aromatic heterocycles. The van der Waals surface area contributed by atoms with Crippen molar-refractivity contribution in [2.45, 2.75) is 18.6 Å². The monoisotopic (exact) mass is 206 g/mol. The molecule has 0 amide bonds. The maximum Gasteiger partial charge on any atom is 0.151 e. The van der Waals surface area contributed by atoms with Gasteiger partial charge in [-0.1, -0.05) is 30.3 Å². The maximum atomic E-state index is 10.6. The average Bonchev–Trinajstić information content (AvgIpc) is 2.31. The molecule has 1 heterocycles. The third kappa shape index (κ3) is 2.88. The molecule has 1 aromatic carbocycles. The zero-order valence-corrected chi connectivity index (χ0v) is 8.46. The van der Waals surface area contributed by atoms with Crippen LogP contribution in [0.15, 0.2) is 30.3 Å². The Morgan fingerprint density at radius 3 is 2.80 bits per heavy atom. The molecule has 1 aliphatic heterocycles. The molecule has 0 spiro atoms. The van der Waals surface area contributed by atoms with Crippen LogP contribution in [0.3, 0.4) is 0 Å². The minimum atomic E-state index is -0.396. The van der Waals surface area contributed by atoms with Gasteiger partial charge in [0.1, 0.15) is 6.10 Å². The van der Waals surface area contributed by atoms with Gasteiger partial charge in [0, 0.05) is 6.42 Å². The van der Waals surface area contributed by atoms with Crippen LogP contribution in [0.2, 0.25) is 0 Å². The number of rotatable bonds is 3. The van der Waals surface area contributed by atoms with Crippen molar-refractivity contribution in [1.29, 1.82) is 0 Å². The number of carbonyl (C=O) groups excluding carboxylic acids is 1. The molecule has 80 valence electrons. The van der Waals surface area contributed by atoms with E-state index in [-0.39, 0.29) is 6.10 Å². The highest BCUT2D eigenvalue weighted by molar-refractivity contribution is 5.56. The topological polar surface area (TPSA) is 35.5 Å². The summed E-state index contributed by atoms with van der Waals surface area (Å²) in [7, 11) is 0. The summed E-state index contributed by atoms with van der Waals surface area (Å²) in [6.07, 6.45) is 1.20. The zero-order chi connectivity index (χ0) is 10.5. The van der Waals surface area contributed by atoms with Crippen LogP contribution < -0.4 is 0 Å². The van der Waals surface area contributed by atoms with E-state index in [9.17, 15) is 4.79 Å². The molecule has 0 radical (unpaired) electrons. The quantitative estimate of drug-likeness (QED) is 0.697. The van der Waals surface area contributed by atoms with Gasteiger partial charge in [-0.25, -0.2) is 0 Å². The molecule has 2 atom stereocenters. The molecular weight excluding hydrogens is 192 g/mol. The van der Waals surface area contributed by atoms with Crippen molar-refractivity contribution in [3.05, 3.63) is 35.9 Å². The Hall–Kier alpha value is -1.19. The van der Waals surface area contributed by atoms with Gasteiger partial charge < -0.3 is 14.3 Å². The van der Waals surface area contributed by atoms with E-state index in [1.165, 1.54) is 5.56 Å². The fourth-order valence-electron chi connectivity index (χ4n) is 1.70. The Balaban J connectivity index is 1.92. The molecule has 2 unspecified atom stereocenters. The highest BCUT2D eigenvalue weighted by atomic mass is 16.6. The third-order valence-electron chi connectivity index (χ3n) is 2.41. The highest BCUT2D eigenvalue weighted by Gasteiger charge is 2.22. The Bertz CT molecular complexity index is 310. The molecule has 1 aliphatic rings. The number of benzene rings is 1. The van der Waals surface area contributed by atoms with Gasteiger partial charge in [-0.2, -0.15) is 0 Å². The van der Waals surface area contributed by atoms with Crippen molar-refractivity contribution in [2.24, 2.45) is 0 Å². The van der Waals surface area contributed by atoms with Crippen molar-refractivity contribution >= 4 is 6.29 Å². The average molecular weight is 206 g/mol. The van der Waals surface area contributed by atoms with Gasteiger partial charge >= 0.3 is 0 Å². The maximum absolute atomic E-state index is 10.6. The molecule has 1 aromatic rings. The minimum Gasteiger partial charge on any atom is -0.376 e. The standard InChI is InChI=1S/C12H14O3/c13-7-12-9-14-8-11(15-12)6-10-4-2-1-3-5-10/h1-5,7,11-12H,6,8-9H2. The van der Waals surface area contributed by atoms with Crippen LogP contribution in [-0.2, 0) is 20.7 Å². The lowest BCUT2D eigenvalue weighted by Crippen LogP contribution is -2.38. The first-order valence-corrected chi connectivity index (χ1v) is 5.11. The zero-order valence-electron chi connectivity index (χ0n) is 8.46. The Kier molecular flexibility index (Phi) is 3.48. The second-order valence-corrected chi connectivity index (χ2v) is 3.66. The van der Waals surface area contributed by atoms with Gasteiger partial charge in [-0.15, -0.1) is 0 Å². The number of hydrogen-bond acceptors (Lipinski definition) is 3. The first-order valence-electron chi connectivity index (χ1n) is 5.11. The van der Waals surface area contributed by atoms with E-state index < -0.39 is 6.10 Å². The second-order valence-electron chi connectivity index (χ2n) is 3.66. The molecule has 3 heteroatoms. The summed E-state index contributed by atoms with van der Waals surface area (Å²) in [4.78, 5) is 10.6. The van der Waals surface area contributed by atoms with E-state index in [0.29, 0.717) is 13.2 Å². The third-order valence-corrected chi connectivity index (χ3v) is 2.41. The number of ether oxygens (including phenoxy) is 2. The molecule has 0 N–H and O–H groups in total. The predicted molar refractivity (Wildman–Crippen MR) is 55.7 cm³/mol. The van der Waals surface area contributed by atoms with E-state index in [1.807, 2.05) is 30.3 Å². The van der Waals surface area contributed by atoms with Crippen molar-refractivity contribution in [3.8, 4) is 0 Å². The summed E-state index contributed by atoms with van der Waals surface area (Å²) in [6.45, 7) is 0.952. The van der Waals surface area contributed by atoms with Gasteiger partial charge in [-0.3, -0.25) is 0 Å². The molecule has 1 saturated heterocycles. The minimum absolute atomic E-state index is 0.00338. The second kappa shape index (κ2) is 5.05. The van der Waals surface area contributed by atoms with Gasteiger partial charge in [0.05, 0.1) is 19.3 Å². The van der Waals surface area contributed by atoms with Gasteiger partial charge in [0.15, 0.2) is 6.29 Å². The first kappa shape index (κ1) is 10.3. The Morgan fingerprint density at radius 2 is 2.07 bits per heavy atom. The molecule has 1 fully saturated rings. The van der Waals surface area contributed by atoms with E-state index in [1.54, 1.807) is 0 Å². The summed E-state index contributed by atoms with van der Waals surface area (Å²) < 4.78 is 10.8. The van der Waals surface area contributed by atoms with E-state index >= 15 is 0 Å². The van der Waals surface area contributed by atoms with E-state index in [0.717, 1.165) is 12.7 Å². The van der Waals surface area contributed by atoms with Crippen molar-refractivity contribution in [2.75, 3.05) is 13.2 Å². The molecule has 15 heavy (non-hydrogen) atoms. The van der Waals surface area contributed by atoms with Crippen molar-refractivity contribution < 1.29 is 14.3 Å². The van der Waals surface area contributed by atoms with E-state index in [4.69, 9.17) is 9.47 Å². The lowest BCUT2D eigenvalue weighted by Gasteiger charge is -2.27. The lowest BCUT2D eigenvalue weighted by atomic mass is 10.1. The SMILES string of the molecule is O=CC1COCC(Cc2ccccc2)O1. The molecule has 0 aliphatic carbocycles. The number of carbonyl (C=O) groups is 1. The normalized spacial score (nSPS) is 26.1. The van der Waals surface area contributed by atoms with Crippen LogP contribution in [0.5, 0.6) is 0 Å². The lowest BCUT2D eigenvalue weighted by molar-refractivity contribution is -0.151. The number of aldehydes is 1. The van der Waals surface area contributed by atoms with Crippen LogP contribution in [0.4, 0.5) is 0 Å². The van der Waals surface area contributed by atoms with Gasteiger partial charge in [0.25, 0.3) is 0 Å². The van der Waals surface area contributed by atoms with Crippen LogP contribution in [0.25, 0.3) is 0 Å². The summed E-state index contributed by atoms with van der Waals surface area (Å²) in [5.41, 5.74) is 1.21. The van der Waals surface area contributed by atoms with E-state index in [2.05, 4.69) is 0 Å². The molecule has 0 bridgehead atoms. The first-order chi connectivity index (χ1) is 7.38. The largest absolute Gasteiger partial charge is 0.376 e. The number of hydrogen-bond donors (Lipinski definition) is 0. The van der Waals surface area contributed by atoms with Gasteiger partial charge in [0.2, 0.25) is 0 Å². The molecule has 2 rings (SSSR count). The summed E-state index contributed by atoms with van der Waals surface area (Å²) in [6, 6.07) is 10.1. The van der Waals surface area contributed by atoms with Crippen LogP contribution in [0, 0.1) is 0 Å². The summed E-state index contributed by atoms with van der Waals surface area (Å²) >= 11 is 0. The smallest absolute Gasteiger partial charge is 0.151 e. The molecule has 3 nitrogen and oxygen atoms in total. The Morgan fingerprint density at radius 1 is 1.27 bits per heavy atom. The van der Waals surface area contributed by atoms with Crippen molar-refractivity contribution in [1.82, 2.24) is 0 Å². The predicted octanol–water partition coefficient (Wildman–Crippen LogP) is 1.21. The van der Waals surface area contributed by atoms with Crippen LogP contribution >= 0.6 is 0 Å². The fraction of sp³-hybridized carbons (Fsp3) is 0.417. The van der Waals surface area contributed by atoms with Gasteiger partial charge in [-0.05, 0) is 5.56 Å². The van der Waals surface area contributed by atoms with Crippen molar-refractivity contribution in [3.63, 3.8) is 0 Å². The Labute approximate surface area is 89.0 Å². The fourth-order valence-corrected chi connectivity index (χ4v) is 1.70. The molecule has 0 saturated carbocycles. The highest BCUT2D eigenvalue weighted by Crippen LogP contribution is 2.12. The summed E-state index contributed by atoms with van der Waals surface area (Å²) in [5, 5.41) is 0. The van der Waals surface area contributed by atoms with Crippen LogP contribution in [0.1, 0.15) is 5.56 Å².